The largest absolute Gasteiger partial charge is 0.456 e. The number of furan rings is 1. The van der Waals surface area contributed by atoms with E-state index in [1.807, 2.05) is 12.1 Å². The Labute approximate surface area is 293 Å². The van der Waals surface area contributed by atoms with Crippen LogP contribution in [0.4, 0.5) is 0 Å². The van der Waals surface area contributed by atoms with Gasteiger partial charge in [-0.15, -0.1) is 0 Å². The fraction of sp³-hybridized carbons (Fsp3) is 0. The van der Waals surface area contributed by atoms with Crippen molar-refractivity contribution in [2.45, 2.75) is 0 Å². The highest BCUT2D eigenvalue weighted by molar-refractivity contribution is 6.17. The molecule has 0 bridgehead atoms. The molecule has 0 unspecified atom stereocenters. The van der Waals surface area contributed by atoms with Crippen LogP contribution in [0.2, 0.25) is 0 Å². The van der Waals surface area contributed by atoms with Gasteiger partial charge in [-0.25, -0.2) is 0 Å². The van der Waals surface area contributed by atoms with Crippen molar-refractivity contribution in [3.05, 3.63) is 182 Å². The quantitative estimate of drug-likeness (QED) is 0.186. The Morgan fingerprint density at radius 2 is 0.922 bits per heavy atom. The smallest absolute Gasteiger partial charge is 0.135 e. The van der Waals surface area contributed by atoms with E-state index in [0.717, 1.165) is 27.6 Å². The van der Waals surface area contributed by atoms with E-state index < -0.39 is 0 Å². The first-order chi connectivity index (χ1) is 25.3. The number of hydrogen-bond acceptors (Lipinski definition) is 1. The maximum Gasteiger partial charge on any atom is 0.135 e. The zero-order chi connectivity index (χ0) is 33.5. The second kappa shape index (κ2) is 10.8. The average molecular weight is 651 g/mol. The van der Waals surface area contributed by atoms with Crippen molar-refractivity contribution in [3.8, 4) is 33.6 Å². The lowest BCUT2D eigenvalue weighted by atomic mass is 9.97. The van der Waals surface area contributed by atoms with Crippen LogP contribution in [0.3, 0.4) is 0 Å². The molecule has 3 nitrogen and oxygen atoms in total. The minimum atomic E-state index is 0.900. The van der Waals surface area contributed by atoms with E-state index in [2.05, 4.69) is 179 Å². The number of nitrogens with zero attached hydrogens (tertiary/aromatic N) is 2. The lowest BCUT2D eigenvalue weighted by molar-refractivity contribution is 0.669. The molecule has 0 atom stereocenters. The van der Waals surface area contributed by atoms with Crippen molar-refractivity contribution in [3.63, 3.8) is 0 Å². The molecule has 0 radical (unpaired) electrons. The zero-order valence-electron chi connectivity index (χ0n) is 27.6. The molecule has 0 aliphatic rings. The van der Waals surface area contributed by atoms with Crippen LogP contribution in [0.25, 0.3) is 99.2 Å². The summed E-state index contributed by atoms with van der Waals surface area (Å²) in [6, 6.07) is 65.6. The Balaban J connectivity index is 1.17. The fourth-order valence-corrected chi connectivity index (χ4v) is 8.25. The SMILES string of the molecule is c1ccc(-c2cccc3c2c2cc(-c4ccc5c(c4)c4ccccc4n5-c4ccccc4)ccc2n3-c2ccc3oc4ccccc4c3c2)cc1. The highest BCUT2D eigenvalue weighted by Gasteiger charge is 2.19. The topological polar surface area (TPSA) is 23.0 Å². The number of hydrogen-bond donors (Lipinski definition) is 0. The number of para-hydroxylation sites is 3. The van der Waals surface area contributed by atoms with Crippen molar-refractivity contribution < 1.29 is 4.42 Å². The molecular weight excluding hydrogens is 621 g/mol. The Morgan fingerprint density at radius 3 is 1.75 bits per heavy atom. The number of aromatic nitrogens is 2. The van der Waals surface area contributed by atoms with Crippen molar-refractivity contribution in [1.29, 1.82) is 0 Å². The van der Waals surface area contributed by atoms with Crippen LogP contribution < -0.4 is 0 Å². The Hall–Kier alpha value is -6.84. The predicted molar refractivity (Wildman–Crippen MR) is 213 cm³/mol. The molecule has 0 fully saturated rings. The molecule has 0 saturated heterocycles. The summed E-state index contributed by atoms with van der Waals surface area (Å²) in [7, 11) is 0. The highest BCUT2D eigenvalue weighted by Crippen LogP contribution is 2.42. The van der Waals surface area contributed by atoms with Crippen LogP contribution in [0.15, 0.2) is 186 Å². The third-order valence-corrected chi connectivity index (χ3v) is 10.5. The van der Waals surface area contributed by atoms with Gasteiger partial charge >= 0.3 is 0 Å². The maximum absolute atomic E-state index is 6.21. The van der Waals surface area contributed by atoms with Gasteiger partial charge in [0.2, 0.25) is 0 Å². The number of rotatable bonds is 4. The van der Waals surface area contributed by atoms with Gasteiger partial charge in [-0.05, 0) is 95.1 Å². The van der Waals surface area contributed by atoms with Gasteiger partial charge in [-0.1, -0.05) is 109 Å². The second-order valence-corrected chi connectivity index (χ2v) is 13.3. The van der Waals surface area contributed by atoms with Crippen LogP contribution in [0.1, 0.15) is 0 Å². The van der Waals surface area contributed by atoms with Crippen molar-refractivity contribution in [2.75, 3.05) is 0 Å². The van der Waals surface area contributed by atoms with Gasteiger partial charge in [0.05, 0.1) is 22.1 Å². The minimum Gasteiger partial charge on any atom is -0.456 e. The summed E-state index contributed by atoms with van der Waals surface area (Å²) in [4.78, 5) is 0. The van der Waals surface area contributed by atoms with Crippen LogP contribution in [-0.2, 0) is 0 Å². The number of benzene rings is 8. The lowest BCUT2D eigenvalue weighted by Gasteiger charge is -2.09. The van der Waals surface area contributed by atoms with Gasteiger partial charge in [-0.3, -0.25) is 0 Å². The van der Waals surface area contributed by atoms with E-state index >= 15 is 0 Å². The van der Waals surface area contributed by atoms with Gasteiger partial charge in [-0.2, -0.15) is 0 Å². The molecule has 11 aromatic rings. The molecule has 3 heteroatoms. The van der Waals surface area contributed by atoms with Crippen LogP contribution >= 0.6 is 0 Å². The van der Waals surface area contributed by atoms with E-state index in [1.165, 1.54) is 71.6 Å². The van der Waals surface area contributed by atoms with E-state index in [9.17, 15) is 0 Å². The normalized spacial score (nSPS) is 11.9. The van der Waals surface area contributed by atoms with Gasteiger partial charge in [0, 0.05) is 43.7 Å². The summed E-state index contributed by atoms with van der Waals surface area (Å²) in [6.45, 7) is 0. The van der Waals surface area contributed by atoms with E-state index in [1.54, 1.807) is 0 Å². The van der Waals surface area contributed by atoms with Crippen molar-refractivity contribution in [2.24, 2.45) is 0 Å². The summed E-state index contributed by atoms with van der Waals surface area (Å²) in [5, 5.41) is 7.23. The van der Waals surface area contributed by atoms with E-state index in [4.69, 9.17) is 4.42 Å². The molecule has 0 spiro atoms. The zero-order valence-corrected chi connectivity index (χ0v) is 27.6. The minimum absolute atomic E-state index is 0.900. The molecule has 0 amide bonds. The standard InChI is InChI=1S/C48H30N2O/c1-3-12-31(13-4-1)36-18-11-20-45-48(36)41-29-33(23-26-44(41)50(45)35-24-27-47-40(30-35)38-17-8-10-21-46(38)51-47)32-22-25-43-39(28-32)37-16-7-9-19-42(37)49(43)34-14-5-2-6-15-34/h1-30H. The molecular formula is C48H30N2O. The molecule has 0 N–H and O–H groups in total. The molecule has 0 saturated carbocycles. The Bertz CT molecular complexity index is 3130. The fourth-order valence-electron chi connectivity index (χ4n) is 8.25. The lowest BCUT2D eigenvalue weighted by Crippen LogP contribution is -1.93. The molecule has 238 valence electrons. The Kier molecular flexibility index (Phi) is 5.96. The average Bonchev–Trinajstić information content (AvgIpc) is 3.85. The molecule has 11 rings (SSSR count). The van der Waals surface area contributed by atoms with Gasteiger partial charge in [0.15, 0.2) is 0 Å². The summed E-state index contributed by atoms with van der Waals surface area (Å²) in [6.07, 6.45) is 0. The van der Waals surface area contributed by atoms with Crippen LogP contribution in [-0.4, -0.2) is 9.13 Å². The molecule has 3 aromatic heterocycles. The Morgan fingerprint density at radius 1 is 0.314 bits per heavy atom. The maximum atomic E-state index is 6.21. The number of fused-ring (bicyclic) bond motifs is 9. The summed E-state index contributed by atoms with van der Waals surface area (Å²) < 4.78 is 11.0. The third-order valence-electron chi connectivity index (χ3n) is 10.5. The second-order valence-electron chi connectivity index (χ2n) is 13.3. The van der Waals surface area contributed by atoms with Gasteiger partial charge < -0.3 is 13.6 Å². The van der Waals surface area contributed by atoms with Crippen molar-refractivity contribution in [1.82, 2.24) is 9.13 Å². The van der Waals surface area contributed by atoms with Crippen molar-refractivity contribution >= 4 is 65.6 Å². The summed E-state index contributed by atoms with van der Waals surface area (Å²) in [5.74, 6) is 0. The molecule has 0 aliphatic heterocycles. The first-order valence-corrected chi connectivity index (χ1v) is 17.4. The highest BCUT2D eigenvalue weighted by atomic mass is 16.3. The summed E-state index contributed by atoms with van der Waals surface area (Å²) >= 11 is 0. The monoisotopic (exact) mass is 650 g/mol. The molecule has 3 heterocycles. The van der Waals surface area contributed by atoms with Gasteiger partial charge in [0.25, 0.3) is 0 Å². The third kappa shape index (κ3) is 4.19. The molecule has 8 aromatic carbocycles. The van der Waals surface area contributed by atoms with E-state index in [0.29, 0.717) is 0 Å². The predicted octanol–water partition coefficient (Wildman–Crippen LogP) is 13.1. The molecule has 0 aliphatic carbocycles. The molecule has 51 heavy (non-hydrogen) atoms. The first kappa shape index (κ1) is 28.0. The van der Waals surface area contributed by atoms with Crippen LogP contribution in [0.5, 0.6) is 0 Å². The van der Waals surface area contributed by atoms with E-state index in [-0.39, 0.29) is 0 Å². The summed E-state index contributed by atoms with van der Waals surface area (Å²) in [5.41, 5.74) is 13.7. The first-order valence-electron chi connectivity index (χ1n) is 17.4. The van der Waals surface area contributed by atoms with Gasteiger partial charge in [0.1, 0.15) is 11.2 Å². The van der Waals surface area contributed by atoms with Crippen LogP contribution in [0, 0.1) is 0 Å².